The molecule has 10 aromatic rings. The van der Waals surface area contributed by atoms with Gasteiger partial charge in [-0.1, -0.05) is 196 Å². The van der Waals surface area contributed by atoms with Crippen molar-refractivity contribution >= 4 is 44.6 Å². The Morgan fingerprint density at radius 3 is 1.81 bits per heavy atom. The topological polar surface area (TPSA) is 16.4 Å². The molecule has 0 amide bonds. The number of allylic oxidation sites excluding steroid dienone is 5. The highest BCUT2D eigenvalue weighted by molar-refractivity contribution is 6.08. The molecule has 1 unspecified atom stereocenters. The Bertz CT molecular complexity index is 3730. The number of fused-ring (bicyclic) bond motifs is 15. The first-order valence-corrected chi connectivity index (χ1v) is 23.4. The molecule has 318 valence electrons. The van der Waals surface area contributed by atoms with Crippen LogP contribution in [0.15, 0.2) is 235 Å². The Morgan fingerprint density at radius 2 is 1.01 bits per heavy atom. The third kappa shape index (κ3) is 5.82. The summed E-state index contributed by atoms with van der Waals surface area (Å²) in [5.74, 6) is 0. The number of hydrogen-bond acceptors (Lipinski definition) is 2. The first-order valence-electron chi connectivity index (χ1n) is 23.4. The van der Waals surface area contributed by atoms with E-state index in [-0.39, 0.29) is 5.41 Å². The molecule has 1 aromatic heterocycles. The fourth-order valence-corrected chi connectivity index (χ4v) is 11.8. The highest BCUT2D eigenvalue weighted by Crippen LogP contribution is 2.59. The Morgan fingerprint density at radius 1 is 0.433 bits per heavy atom. The maximum Gasteiger partial charge on any atom is 0.135 e. The minimum absolute atomic E-state index is 0.177. The quantitative estimate of drug-likeness (QED) is 0.175. The van der Waals surface area contributed by atoms with E-state index >= 15 is 0 Å². The van der Waals surface area contributed by atoms with Crippen LogP contribution in [0.2, 0.25) is 0 Å². The van der Waals surface area contributed by atoms with E-state index in [2.05, 4.69) is 250 Å². The maximum absolute atomic E-state index is 6.75. The van der Waals surface area contributed by atoms with E-state index in [0.29, 0.717) is 0 Å². The van der Waals surface area contributed by atoms with Crippen molar-refractivity contribution in [2.45, 2.75) is 31.1 Å². The zero-order chi connectivity index (χ0) is 44.9. The number of para-hydroxylation sites is 2. The van der Waals surface area contributed by atoms with E-state index in [4.69, 9.17) is 4.42 Å². The van der Waals surface area contributed by atoms with Crippen LogP contribution in [0.4, 0.5) is 17.1 Å². The fraction of sp³-hybridized carbons (Fsp3) is 0.0769. The summed E-state index contributed by atoms with van der Waals surface area (Å²) in [4.78, 5) is 2.51. The van der Waals surface area contributed by atoms with Crippen molar-refractivity contribution in [1.82, 2.24) is 0 Å². The molecule has 2 nitrogen and oxygen atoms in total. The van der Waals surface area contributed by atoms with E-state index in [9.17, 15) is 0 Å². The van der Waals surface area contributed by atoms with Gasteiger partial charge in [0.25, 0.3) is 0 Å². The van der Waals surface area contributed by atoms with Gasteiger partial charge in [0.15, 0.2) is 0 Å². The Kier molecular flexibility index (Phi) is 8.73. The van der Waals surface area contributed by atoms with Gasteiger partial charge in [-0.3, -0.25) is 0 Å². The van der Waals surface area contributed by atoms with E-state index in [1.807, 2.05) is 0 Å². The summed E-state index contributed by atoms with van der Waals surface area (Å²) in [5, 5.41) is 2.27. The zero-order valence-electron chi connectivity index (χ0n) is 37.6. The molecule has 0 aliphatic heterocycles. The van der Waals surface area contributed by atoms with Crippen molar-refractivity contribution in [2.75, 3.05) is 4.90 Å². The van der Waals surface area contributed by atoms with Crippen molar-refractivity contribution in [3.63, 3.8) is 0 Å². The van der Waals surface area contributed by atoms with Gasteiger partial charge in [0.2, 0.25) is 0 Å². The minimum atomic E-state index is -0.611. The summed E-state index contributed by atoms with van der Waals surface area (Å²) >= 11 is 0. The third-order valence-corrected chi connectivity index (χ3v) is 15.0. The average Bonchev–Trinajstić information content (AvgIpc) is 3.95. The van der Waals surface area contributed by atoms with Gasteiger partial charge in [0.05, 0.1) is 11.1 Å². The lowest BCUT2D eigenvalue weighted by Gasteiger charge is -2.36. The van der Waals surface area contributed by atoms with Crippen LogP contribution < -0.4 is 4.90 Å². The number of hydrogen-bond donors (Lipinski definition) is 0. The van der Waals surface area contributed by atoms with Crippen LogP contribution in [-0.4, -0.2) is 0 Å². The average molecular weight is 858 g/mol. The summed E-state index contributed by atoms with van der Waals surface area (Å²) < 4.78 is 6.75. The normalized spacial score (nSPS) is 17.2. The van der Waals surface area contributed by atoms with Crippen molar-refractivity contribution in [2.24, 2.45) is 0 Å². The molecule has 0 saturated carbocycles. The van der Waals surface area contributed by atoms with E-state index < -0.39 is 5.41 Å². The van der Waals surface area contributed by atoms with Crippen LogP contribution in [-0.2, 0) is 10.8 Å². The molecule has 1 spiro atoms. The van der Waals surface area contributed by atoms with Gasteiger partial charge in [-0.25, -0.2) is 0 Å². The SMILES string of the molecule is C=C1/C=C\C=C/CC2(c3cc(N(c4ccc5c(c4)C(C)(C)c4ccccc4-5)c4ccccc4-c4ccccc4)ccc3-c3ccccc31)c1ccccc1-c1cc3c(cc12)oc1ccccc13. The lowest BCUT2D eigenvalue weighted by atomic mass is 9.67. The molecule has 3 aliphatic carbocycles. The molecule has 0 radical (unpaired) electrons. The molecule has 2 heteroatoms. The second-order valence-corrected chi connectivity index (χ2v) is 18.9. The summed E-state index contributed by atoms with van der Waals surface area (Å²) in [6, 6.07) is 74.0. The molecule has 67 heavy (non-hydrogen) atoms. The van der Waals surface area contributed by atoms with Crippen LogP contribution in [0.25, 0.3) is 72.0 Å². The molecule has 0 bridgehead atoms. The number of benzene rings is 9. The highest BCUT2D eigenvalue weighted by Gasteiger charge is 2.46. The zero-order valence-corrected chi connectivity index (χ0v) is 37.6. The molecule has 1 heterocycles. The molecule has 9 aromatic carbocycles. The third-order valence-electron chi connectivity index (χ3n) is 15.0. The Hall–Kier alpha value is -8.20. The summed E-state index contributed by atoms with van der Waals surface area (Å²) in [6.07, 6.45) is 9.58. The molecule has 0 fully saturated rings. The van der Waals surface area contributed by atoms with E-state index in [1.54, 1.807) is 0 Å². The van der Waals surface area contributed by atoms with Crippen LogP contribution in [0.1, 0.15) is 53.6 Å². The van der Waals surface area contributed by atoms with Gasteiger partial charge in [-0.2, -0.15) is 0 Å². The molecule has 13 rings (SSSR count). The second-order valence-electron chi connectivity index (χ2n) is 18.9. The van der Waals surface area contributed by atoms with Crippen molar-refractivity contribution in [3.8, 4) is 44.5 Å². The van der Waals surface area contributed by atoms with E-state index in [0.717, 1.165) is 67.7 Å². The van der Waals surface area contributed by atoms with Crippen LogP contribution in [0.5, 0.6) is 0 Å². The fourth-order valence-electron chi connectivity index (χ4n) is 11.8. The Balaban J connectivity index is 1.14. The van der Waals surface area contributed by atoms with Gasteiger partial charge in [-0.05, 0) is 133 Å². The molecule has 0 saturated heterocycles. The molecular formula is C65H47NO. The van der Waals surface area contributed by atoms with Crippen LogP contribution >= 0.6 is 0 Å². The smallest absolute Gasteiger partial charge is 0.135 e. The van der Waals surface area contributed by atoms with Crippen LogP contribution in [0.3, 0.4) is 0 Å². The monoisotopic (exact) mass is 857 g/mol. The standard InChI is InChI=1S/C65H47NO/c1-42-20-6-5-19-37-65(57-30-16-12-27-50(57)54-40-55-53-28-14-18-32-62(53)67-63(55)41-60(54)65)59-39-45(33-35-51(59)48-25-10-9-23-46(42)48)66(61-31-17-13-24-47(61)43-21-7-4-8-22-43)44-34-36-52-49-26-11-15-29-56(49)64(2,3)58(52)38-44/h4-36,38-41H,1,37H2,2-3H3/b19-5-,20-6-. The van der Waals surface area contributed by atoms with Crippen molar-refractivity contribution in [1.29, 1.82) is 0 Å². The highest BCUT2D eigenvalue weighted by atomic mass is 16.3. The Labute approximate surface area is 392 Å². The first-order chi connectivity index (χ1) is 32.9. The minimum Gasteiger partial charge on any atom is -0.456 e. The number of anilines is 3. The van der Waals surface area contributed by atoms with Crippen molar-refractivity contribution in [3.05, 3.63) is 264 Å². The lowest BCUT2D eigenvalue weighted by molar-refractivity contribution is 0.639. The van der Waals surface area contributed by atoms with Gasteiger partial charge in [-0.15, -0.1) is 0 Å². The maximum atomic E-state index is 6.75. The first kappa shape index (κ1) is 39.2. The summed E-state index contributed by atoms with van der Waals surface area (Å²) in [5.41, 5.74) is 22.7. The molecule has 1 atom stereocenters. The number of rotatable bonds is 4. The second kappa shape index (κ2) is 14.9. The predicted octanol–water partition coefficient (Wildman–Crippen LogP) is 17.5. The van der Waals surface area contributed by atoms with Gasteiger partial charge in [0.1, 0.15) is 11.2 Å². The van der Waals surface area contributed by atoms with Gasteiger partial charge in [0, 0.05) is 33.1 Å². The van der Waals surface area contributed by atoms with Gasteiger partial charge >= 0.3 is 0 Å². The summed E-state index contributed by atoms with van der Waals surface area (Å²) in [6.45, 7) is 9.37. The largest absolute Gasteiger partial charge is 0.456 e. The van der Waals surface area contributed by atoms with Crippen LogP contribution in [0, 0.1) is 0 Å². The van der Waals surface area contributed by atoms with E-state index in [1.165, 1.54) is 61.2 Å². The number of nitrogens with zero attached hydrogens (tertiary/aromatic N) is 1. The molecular weight excluding hydrogens is 811 g/mol. The molecule has 0 N–H and O–H groups in total. The number of furan rings is 1. The summed E-state index contributed by atoms with van der Waals surface area (Å²) in [7, 11) is 0. The van der Waals surface area contributed by atoms with Crippen molar-refractivity contribution < 1.29 is 4.42 Å². The molecule has 3 aliphatic rings. The lowest BCUT2D eigenvalue weighted by Crippen LogP contribution is -2.28. The van der Waals surface area contributed by atoms with Gasteiger partial charge < -0.3 is 9.32 Å². The predicted molar refractivity (Wildman–Crippen MR) is 281 cm³/mol.